The minimum Gasteiger partial charge on any atom is -0.480 e. The number of nitrogens with one attached hydrogen (secondary N) is 3. The molecule has 8 N–H and O–H groups in total. The van der Waals surface area contributed by atoms with Crippen LogP contribution in [0.5, 0.6) is 0 Å². The van der Waals surface area contributed by atoms with Crippen LogP contribution in [0.15, 0.2) is 0 Å². The third-order valence-electron chi connectivity index (χ3n) is 3.12. The summed E-state index contributed by atoms with van der Waals surface area (Å²) in [6.45, 7) is 4.09. The van der Waals surface area contributed by atoms with Crippen molar-refractivity contribution in [2.75, 3.05) is 6.54 Å². The molecule has 0 saturated heterocycles. The average molecular weight is 359 g/mol. The molecule has 4 amide bonds. The number of carboxylic acid groups (broad SMARTS) is 1. The molecule has 0 aromatic heterocycles. The first-order chi connectivity index (χ1) is 11.5. The monoisotopic (exact) mass is 359 g/mol. The lowest BCUT2D eigenvalue weighted by Gasteiger charge is -2.20. The molecule has 0 saturated carbocycles. The maximum absolute atomic E-state index is 12.0. The molecule has 0 fully saturated rings. The molecule has 11 heteroatoms. The third-order valence-corrected chi connectivity index (χ3v) is 3.12. The van der Waals surface area contributed by atoms with E-state index in [0.29, 0.717) is 0 Å². The van der Waals surface area contributed by atoms with E-state index in [1.807, 2.05) is 0 Å². The molecule has 0 aliphatic rings. The highest BCUT2D eigenvalue weighted by molar-refractivity contribution is 5.94. The van der Waals surface area contributed by atoms with E-state index in [9.17, 15) is 24.0 Å². The number of aliphatic carboxylic acids is 1. The molecule has 142 valence electrons. The Bertz CT molecular complexity index is 534. The largest absolute Gasteiger partial charge is 0.480 e. The Morgan fingerprint density at radius 2 is 1.56 bits per heavy atom. The Balaban J connectivity index is 4.73. The normalized spacial score (nSPS) is 14.1. The zero-order chi connectivity index (χ0) is 19.7. The van der Waals surface area contributed by atoms with Gasteiger partial charge in [-0.05, 0) is 12.8 Å². The van der Waals surface area contributed by atoms with Gasteiger partial charge in [0.05, 0.1) is 19.0 Å². The van der Waals surface area contributed by atoms with Crippen molar-refractivity contribution in [3.8, 4) is 0 Å². The van der Waals surface area contributed by atoms with E-state index >= 15 is 0 Å². The highest BCUT2D eigenvalue weighted by Gasteiger charge is 2.26. The molecule has 3 unspecified atom stereocenters. The van der Waals surface area contributed by atoms with Crippen LogP contribution < -0.4 is 27.4 Å². The summed E-state index contributed by atoms with van der Waals surface area (Å²) in [7, 11) is 0. The van der Waals surface area contributed by atoms with Crippen LogP contribution in [-0.4, -0.2) is 59.4 Å². The van der Waals surface area contributed by atoms with Gasteiger partial charge in [-0.25, -0.2) is 4.79 Å². The van der Waals surface area contributed by atoms with Crippen molar-refractivity contribution < 1.29 is 29.1 Å². The molecule has 0 spiro atoms. The van der Waals surface area contributed by atoms with Gasteiger partial charge in [0.1, 0.15) is 12.1 Å². The van der Waals surface area contributed by atoms with Crippen molar-refractivity contribution in [3.63, 3.8) is 0 Å². The highest BCUT2D eigenvalue weighted by Crippen LogP contribution is 2.01. The van der Waals surface area contributed by atoms with Crippen molar-refractivity contribution in [2.24, 2.45) is 17.4 Å². The van der Waals surface area contributed by atoms with Gasteiger partial charge in [-0.2, -0.15) is 0 Å². The molecule has 0 aromatic carbocycles. The lowest BCUT2D eigenvalue weighted by Crippen LogP contribution is -2.54. The lowest BCUT2D eigenvalue weighted by atomic mass is 10.0. The molecule has 0 aromatic rings. The summed E-state index contributed by atoms with van der Waals surface area (Å²) in [4.78, 5) is 57.4. The molecule has 11 nitrogen and oxygen atoms in total. The van der Waals surface area contributed by atoms with Gasteiger partial charge in [-0.1, -0.05) is 13.8 Å². The fourth-order valence-corrected chi connectivity index (χ4v) is 1.74. The van der Waals surface area contributed by atoms with E-state index in [-0.39, 0.29) is 5.92 Å². The number of nitrogens with two attached hydrogens (primary N) is 2. The number of rotatable bonds is 10. The second-order valence-corrected chi connectivity index (χ2v) is 5.87. The van der Waals surface area contributed by atoms with Crippen LogP contribution in [0, 0.1) is 5.92 Å². The number of carboxylic acids is 1. The first kappa shape index (κ1) is 22.3. The third kappa shape index (κ3) is 8.65. The second-order valence-electron chi connectivity index (χ2n) is 5.87. The molecule has 25 heavy (non-hydrogen) atoms. The number of carbonyl (C=O) groups excluding carboxylic acids is 4. The van der Waals surface area contributed by atoms with E-state index in [1.165, 1.54) is 6.92 Å². The standard InChI is InChI=1S/C14H25N5O6/c1-6(2)11(14(24)25)19-10(21)5-17-13(23)8(4-9(16)20)18-12(22)7(3)15/h6-8,11H,4-5,15H2,1-3H3,(H2,16,20)(H,17,23)(H,18,22)(H,19,21)(H,24,25). The summed E-state index contributed by atoms with van der Waals surface area (Å²) in [6.07, 6.45) is -0.477. The van der Waals surface area contributed by atoms with Gasteiger partial charge in [0.25, 0.3) is 0 Å². The zero-order valence-corrected chi connectivity index (χ0v) is 14.4. The van der Waals surface area contributed by atoms with E-state index in [4.69, 9.17) is 16.6 Å². The van der Waals surface area contributed by atoms with Gasteiger partial charge < -0.3 is 32.5 Å². The van der Waals surface area contributed by atoms with Gasteiger partial charge >= 0.3 is 5.97 Å². The molecule has 3 atom stereocenters. The van der Waals surface area contributed by atoms with Crippen LogP contribution in [0.4, 0.5) is 0 Å². The van der Waals surface area contributed by atoms with Crippen molar-refractivity contribution >= 4 is 29.6 Å². The van der Waals surface area contributed by atoms with Crippen molar-refractivity contribution in [1.29, 1.82) is 0 Å². The van der Waals surface area contributed by atoms with Crippen LogP contribution in [0.1, 0.15) is 27.2 Å². The fourth-order valence-electron chi connectivity index (χ4n) is 1.74. The van der Waals surface area contributed by atoms with Crippen molar-refractivity contribution in [1.82, 2.24) is 16.0 Å². The quantitative estimate of drug-likeness (QED) is 0.239. The molecule has 0 heterocycles. The Morgan fingerprint density at radius 3 is 1.96 bits per heavy atom. The van der Waals surface area contributed by atoms with Crippen LogP contribution in [0.2, 0.25) is 0 Å². The molecule has 0 aliphatic heterocycles. The number of hydrogen-bond acceptors (Lipinski definition) is 6. The van der Waals surface area contributed by atoms with E-state index in [1.54, 1.807) is 13.8 Å². The van der Waals surface area contributed by atoms with E-state index < -0.39 is 60.7 Å². The van der Waals surface area contributed by atoms with Crippen LogP contribution in [-0.2, 0) is 24.0 Å². The molecule has 0 radical (unpaired) electrons. The summed E-state index contributed by atoms with van der Waals surface area (Å²) in [5.41, 5.74) is 10.4. The fraction of sp³-hybridized carbons (Fsp3) is 0.643. The van der Waals surface area contributed by atoms with E-state index in [2.05, 4.69) is 16.0 Å². The van der Waals surface area contributed by atoms with Gasteiger partial charge in [-0.15, -0.1) is 0 Å². The number of carbonyl (C=O) groups is 5. The van der Waals surface area contributed by atoms with Crippen molar-refractivity contribution in [3.05, 3.63) is 0 Å². The molecule has 0 bridgehead atoms. The van der Waals surface area contributed by atoms with Crippen LogP contribution in [0.25, 0.3) is 0 Å². The summed E-state index contributed by atoms with van der Waals surface area (Å²) in [5, 5.41) is 15.7. The van der Waals surface area contributed by atoms with Gasteiger partial charge in [0.15, 0.2) is 0 Å². The average Bonchev–Trinajstić information content (AvgIpc) is 2.48. The Kier molecular flexibility index (Phi) is 9.13. The van der Waals surface area contributed by atoms with Gasteiger partial charge in [-0.3, -0.25) is 19.2 Å². The highest BCUT2D eigenvalue weighted by atomic mass is 16.4. The van der Waals surface area contributed by atoms with E-state index in [0.717, 1.165) is 0 Å². The Morgan fingerprint density at radius 1 is 1.00 bits per heavy atom. The van der Waals surface area contributed by atoms with Gasteiger partial charge in [0.2, 0.25) is 23.6 Å². The first-order valence-corrected chi connectivity index (χ1v) is 7.59. The number of hydrogen-bond donors (Lipinski definition) is 6. The maximum Gasteiger partial charge on any atom is 0.326 e. The Labute approximate surface area is 144 Å². The van der Waals surface area contributed by atoms with Gasteiger partial charge in [0, 0.05) is 0 Å². The smallest absolute Gasteiger partial charge is 0.326 e. The molecular formula is C14H25N5O6. The molecule has 0 aliphatic carbocycles. The molecular weight excluding hydrogens is 334 g/mol. The minimum atomic E-state index is -1.29. The predicted molar refractivity (Wildman–Crippen MR) is 86.8 cm³/mol. The summed E-state index contributed by atoms with van der Waals surface area (Å²) < 4.78 is 0. The molecule has 0 rings (SSSR count). The first-order valence-electron chi connectivity index (χ1n) is 7.59. The SMILES string of the molecule is CC(N)C(=O)NC(CC(N)=O)C(=O)NCC(=O)NC(C(=O)O)C(C)C. The Hall–Kier alpha value is -2.69. The van der Waals surface area contributed by atoms with Crippen LogP contribution >= 0.6 is 0 Å². The second kappa shape index (κ2) is 10.2. The van der Waals surface area contributed by atoms with Crippen molar-refractivity contribution in [2.45, 2.75) is 45.3 Å². The number of amides is 4. The summed E-state index contributed by atoms with van der Waals surface area (Å²) in [6, 6.07) is -3.30. The minimum absolute atomic E-state index is 0.356. The maximum atomic E-state index is 12.0. The number of primary amides is 1. The summed E-state index contributed by atoms with van der Waals surface area (Å²) in [5.74, 6) is -4.61. The van der Waals surface area contributed by atoms with Crippen LogP contribution in [0.3, 0.4) is 0 Å². The zero-order valence-electron chi connectivity index (χ0n) is 14.4. The lowest BCUT2D eigenvalue weighted by molar-refractivity contribution is -0.143. The summed E-state index contributed by atoms with van der Waals surface area (Å²) >= 11 is 0. The topological polar surface area (TPSA) is 194 Å². The predicted octanol–water partition coefficient (Wildman–Crippen LogP) is -2.96.